The monoisotopic (exact) mass is 346 g/mol. The van der Waals surface area contributed by atoms with E-state index in [1.807, 2.05) is 23.9 Å². The third-order valence-corrected chi connectivity index (χ3v) is 6.09. The van der Waals surface area contributed by atoms with Crippen LogP contribution in [0.5, 0.6) is 0 Å². The minimum atomic E-state index is -0.127. The minimum Gasteiger partial charge on any atom is -0.325 e. The van der Waals surface area contributed by atoms with Crippen LogP contribution in [0.1, 0.15) is 24.8 Å². The summed E-state index contributed by atoms with van der Waals surface area (Å²) >= 11 is 2.03. The summed E-state index contributed by atoms with van der Waals surface area (Å²) in [4.78, 5) is 15.0. The average molecular weight is 347 g/mol. The van der Waals surface area contributed by atoms with E-state index in [4.69, 9.17) is 0 Å². The van der Waals surface area contributed by atoms with Gasteiger partial charge >= 0.3 is 0 Å². The number of amides is 1. The molecule has 2 unspecified atom stereocenters. The molecule has 0 bridgehead atoms. The maximum absolute atomic E-state index is 12.5. The van der Waals surface area contributed by atoms with E-state index in [0.29, 0.717) is 6.04 Å². The predicted octanol–water partition coefficient (Wildman–Crippen LogP) is 1.82. The van der Waals surface area contributed by atoms with Crippen LogP contribution >= 0.6 is 11.8 Å². The molecular formula is C18H26N4OS. The fourth-order valence-electron chi connectivity index (χ4n) is 3.56. The minimum absolute atomic E-state index is 0.0668. The van der Waals surface area contributed by atoms with E-state index >= 15 is 0 Å². The Morgan fingerprint density at radius 1 is 1.25 bits per heavy atom. The number of benzene rings is 1. The van der Waals surface area contributed by atoms with Gasteiger partial charge in [-0.05, 0) is 42.9 Å². The van der Waals surface area contributed by atoms with Crippen molar-refractivity contribution in [3.63, 3.8) is 0 Å². The zero-order valence-corrected chi connectivity index (χ0v) is 14.8. The zero-order valence-electron chi connectivity index (χ0n) is 14.0. The van der Waals surface area contributed by atoms with Crippen LogP contribution < -0.4 is 16.2 Å². The van der Waals surface area contributed by atoms with Gasteiger partial charge < -0.3 is 5.32 Å². The molecule has 3 fully saturated rings. The van der Waals surface area contributed by atoms with E-state index in [1.54, 1.807) is 0 Å². The van der Waals surface area contributed by atoms with Crippen LogP contribution in [0.3, 0.4) is 0 Å². The summed E-state index contributed by atoms with van der Waals surface area (Å²) in [5.74, 6) is 3.27. The molecule has 2 aliphatic heterocycles. The van der Waals surface area contributed by atoms with Crippen molar-refractivity contribution in [3.05, 3.63) is 29.8 Å². The first kappa shape index (κ1) is 16.4. The normalized spacial score (nSPS) is 28.0. The Balaban J connectivity index is 1.32. The fourth-order valence-corrected chi connectivity index (χ4v) is 4.53. The topological polar surface area (TPSA) is 56.4 Å². The predicted molar refractivity (Wildman–Crippen MR) is 98.9 cm³/mol. The number of hydrogen-bond acceptors (Lipinski definition) is 5. The molecule has 130 valence electrons. The highest BCUT2D eigenvalue weighted by molar-refractivity contribution is 7.99. The third-order valence-electron chi connectivity index (χ3n) is 5.14. The van der Waals surface area contributed by atoms with Crippen molar-refractivity contribution in [2.24, 2.45) is 5.92 Å². The Kier molecular flexibility index (Phi) is 5.08. The summed E-state index contributed by atoms with van der Waals surface area (Å²) in [7, 11) is 0. The summed E-state index contributed by atoms with van der Waals surface area (Å²) < 4.78 is 0. The molecule has 0 radical (unpaired) electrons. The van der Waals surface area contributed by atoms with Crippen LogP contribution in [0.4, 0.5) is 5.69 Å². The number of rotatable bonds is 5. The standard InChI is InChI=1S/C18H26N4OS/c23-18(17-11-16(20-21-17)14-4-5-14)19-15-3-1-2-13(10-15)12-22-6-8-24-9-7-22/h1-3,10,14,16-17,20-21H,4-9,11-12H2,(H,19,23). The second-order valence-electron chi connectivity index (χ2n) is 7.10. The third kappa shape index (κ3) is 4.11. The molecular weight excluding hydrogens is 320 g/mol. The summed E-state index contributed by atoms with van der Waals surface area (Å²) in [6.07, 6.45) is 3.48. The number of anilines is 1. The number of nitrogens with zero attached hydrogens (tertiary/aromatic N) is 1. The van der Waals surface area contributed by atoms with Gasteiger partial charge in [0.05, 0.1) is 0 Å². The lowest BCUT2D eigenvalue weighted by atomic mass is 10.1. The first-order valence-electron chi connectivity index (χ1n) is 8.99. The van der Waals surface area contributed by atoms with Crippen molar-refractivity contribution in [2.45, 2.75) is 37.9 Å². The van der Waals surface area contributed by atoms with Crippen LogP contribution in [0.15, 0.2) is 24.3 Å². The van der Waals surface area contributed by atoms with E-state index in [9.17, 15) is 4.79 Å². The van der Waals surface area contributed by atoms with Crippen molar-refractivity contribution in [2.75, 3.05) is 29.9 Å². The molecule has 3 aliphatic rings. The number of hydrogen-bond donors (Lipinski definition) is 3. The van der Waals surface area contributed by atoms with Crippen LogP contribution in [-0.4, -0.2) is 47.5 Å². The van der Waals surface area contributed by atoms with Gasteiger partial charge in [-0.2, -0.15) is 11.8 Å². The highest BCUT2D eigenvalue weighted by Crippen LogP contribution is 2.35. The molecule has 0 aromatic heterocycles. The molecule has 1 aromatic rings. The number of carbonyl (C=O) groups excluding carboxylic acids is 1. The molecule has 1 amide bonds. The highest BCUT2D eigenvalue weighted by Gasteiger charge is 2.38. The molecule has 2 atom stereocenters. The number of thioether (sulfide) groups is 1. The average Bonchev–Trinajstić information content (AvgIpc) is 3.33. The van der Waals surface area contributed by atoms with Gasteiger partial charge in [0.2, 0.25) is 5.91 Å². The summed E-state index contributed by atoms with van der Waals surface area (Å²) in [5.41, 5.74) is 8.61. The lowest BCUT2D eigenvalue weighted by Gasteiger charge is -2.26. The summed E-state index contributed by atoms with van der Waals surface area (Å²) in [6.45, 7) is 3.28. The molecule has 2 saturated heterocycles. The van der Waals surface area contributed by atoms with E-state index in [2.05, 4.69) is 33.2 Å². The Morgan fingerprint density at radius 3 is 2.88 bits per heavy atom. The largest absolute Gasteiger partial charge is 0.325 e. The van der Waals surface area contributed by atoms with Crippen LogP contribution in [-0.2, 0) is 11.3 Å². The maximum atomic E-state index is 12.5. The summed E-state index contributed by atoms with van der Waals surface area (Å²) in [5, 5.41) is 3.08. The molecule has 5 nitrogen and oxygen atoms in total. The van der Waals surface area contributed by atoms with Crippen molar-refractivity contribution >= 4 is 23.4 Å². The zero-order chi connectivity index (χ0) is 16.4. The van der Waals surface area contributed by atoms with E-state index < -0.39 is 0 Å². The van der Waals surface area contributed by atoms with Gasteiger partial charge in [0.1, 0.15) is 6.04 Å². The lowest BCUT2D eigenvalue weighted by Crippen LogP contribution is -2.40. The Labute approximate surface area is 147 Å². The summed E-state index contributed by atoms with van der Waals surface area (Å²) in [6, 6.07) is 8.61. The Morgan fingerprint density at radius 2 is 2.08 bits per heavy atom. The molecule has 1 aromatic carbocycles. The van der Waals surface area contributed by atoms with Gasteiger partial charge in [-0.15, -0.1) is 0 Å². The van der Waals surface area contributed by atoms with E-state index in [1.165, 1.54) is 29.9 Å². The fraction of sp³-hybridized carbons (Fsp3) is 0.611. The van der Waals surface area contributed by atoms with Crippen molar-refractivity contribution in [1.82, 2.24) is 15.8 Å². The van der Waals surface area contributed by atoms with E-state index in [0.717, 1.165) is 37.7 Å². The smallest absolute Gasteiger partial charge is 0.242 e. The highest BCUT2D eigenvalue weighted by atomic mass is 32.2. The van der Waals surface area contributed by atoms with Crippen molar-refractivity contribution in [3.8, 4) is 0 Å². The number of carbonyl (C=O) groups is 1. The lowest BCUT2D eigenvalue weighted by molar-refractivity contribution is -0.117. The second kappa shape index (κ2) is 7.44. The molecule has 1 aliphatic carbocycles. The van der Waals surface area contributed by atoms with Crippen molar-refractivity contribution < 1.29 is 4.79 Å². The number of nitrogens with one attached hydrogen (secondary N) is 3. The van der Waals surface area contributed by atoms with Crippen LogP contribution in [0, 0.1) is 5.92 Å². The van der Waals surface area contributed by atoms with Gasteiger partial charge in [0.25, 0.3) is 0 Å². The first-order valence-corrected chi connectivity index (χ1v) is 10.1. The SMILES string of the molecule is O=C(Nc1cccc(CN2CCSCC2)c1)C1CC(C2CC2)NN1. The van der Waals surface area contributed by atoms with Gasteiger partial charge in [-0.3, -0.25) is 15.1 Å². The maximum Gasteiger partial charge on any atom is 0.242 e. The molecule has 4 rings (SSSR count). The van der Waals surface area contributed by atoms with Crippen LogP contribution in [0.2, 0.25) is 0 Å². The first-order chi connectivity index (χ1) is 11.8. The molecule has 3 N–H and O–H groups in total. The van der Waals surface area contributed by atoms with Crippen molar-refractivity contribution in [1.29, 1.82) is 0 Å². The second-order valence-corrected chi connectivity index (χ2v) is 8.32. The molecule has 6 heteroatoms. The van der Waals surface area contributed by atoms with Gasteiger partial charge in [0.15, 0.2) is 0 Å². The van der Waals surface area contributed by atoms with Gasteiger partial charge in [-0.25, -0.2) is 5.43 Å². The Bertz CT molecular complexity index is 586. The van der Waals surface area contributed by atoms with E-state index in [-0.39, 0.29) is 11.9 Å². The quantitative estimate of drug-likeness (QED) is 0.759. The van der Waals surface area contributed by atoms with Gasteiger partial charge in [0, 0.05) is 42.9 Å². The van der Waals surface area contributed by atoms with Crippen LogP contribution in [0.25, 0.3) is 0 Å². The number of hydrazine groups is 1. The molecule has 24 heavy (non-hydrogen) atoms. The van der Waals surface area contributed by atoms with Gasteiger partial charge in [-0.1, -0.05) is 12.1 Å². The molecule has 0 spiro atoms. The Hall–Kier alpha value is -1.08. The molecule has 1 saturated carbocycles. The molecule has 2 heterocycles.